The lowest BCUT2D eigenvalue weighted by Crippen LogP contribution is -2.41. The molecule has 136 valence electrons. The van der Waals surface area contributed by atoms with Gasteiger partial charge in [-0.1, -0.05) is 61.9 Å². The molecule has 2 aromatic rings. The molecule has 2 aliphatic heterocycles. The Balaban J connectivity index is 1.54. The largest absolute Gasteiger partial charge is 0.445 e. The van der Waals surface area contributed by atoms with E-state index in [0.29, 0.717) is 18.6 Å². The van der Waals surface area contributed by atoms with Crippen LogP contribution in [0.25, 0.3) is 0 Å². The van der Waals surface area contributed by atoms with Crippen molar-refractivity contribution in [1.82, 2.24) is 4.90 Å². The Morgan fingerprint density at radius 3 is 2.73 bits per heavy atom. The average Bonchev–Trinajstić information content (AvgIpc) is 3.13. The van der Waals surface area contributed by atoms with Gasteiger partial charge in [0.15, 0.2) is 0 Å². The molecule has 2 aliphatic rings. The van der Waals surface area contributed by atoms with Gasteiger partial charge in [-0.25, -0.2) is 4.79 Å². The number of amides is 1. The standard InChI is InChI=1S/C22H26N2O2/c1-2-8-19-18-13-14-24(21(18)17-11-6-7-12-20(17)23-19)22(25)26-15-16-9-4-3-5-10-16/h3-7,9-12,18-19,21,23H,2,8,13-15H2,1H3/t18-,19+,21+/m1/s1. The van der Waals surface area contributed by atoms with Crippen LogP contribution in [0.15, 0.2) is 54.6 Å². The Labute approximate surface area is 155 Å². The maximum Gasteiger partial charge on any atom is 0.410 e. The van der Waals surface area contributed by atoms with Gasteiger partial charge in [0.05, 0.1) is 6.04 Å². The molecule has 4 nitrogen and oxygen atoms in total. The zero-order chi connectivity index (χ0) is 17.9. The van der Waals surface area contributed by atoms with Gasteiger partial charge in [-0.3, -0.25) is 0 Å². The number of nitrogens with zero attached hydrogens (tertiary/aromatic N) is 1. The number of rotatable bonds is 4. The molecule has 1 saturated heterocycles. The molecule has 1 N–H and O–H groups in total. The summed E-state index contributed by atoms with van der Waals surface area (Å²) < 4.78 is 5.64. The van der Waals surface area contributed by atoms with Crippen molar-refractivity contribution in [2.24, 2.45) is 5.92 Å². The highest BCUT2D eigenvalue weighted by atomic mass is 16.6. The molecule has 4 rings (SSSR count). The van der Waals surface area contributed by atoms with Crippen molar-refractivity contribution in [3.63, 3.8) is 0 Å². The predicted molar refractivity (Wildman–Crippen MR) is 103 cm³/mol. The van der Waals surface area contributed by atoms with E-state index in [9.17, 15) is 4.79 Å². The van der Waals surface area contributed by atoms with Gasteiger partial charge in [0.1, 0.15) is 6.61 Å². The van der Waals surface area contributed by atoms with E-state index in [1.165, 1.54) is 5.56 Å². The Bertz CT molecular complexity index is 762. The summed E-state index contributed by atoms with van der Waals surface area (Å²) in [7, 11) is 0. The van der Waals surface area contributed by atoms with Crippen LogP contribution in [0.4, 0.5) is 10.5 Å². The van der Waals surface area contributed by atoms with Gasteiger partial charge in [0, 0.05) is 24.2 Å². The highest BCUT2D eigenvalue weighted by Crippen LogP contribution is 2.47. The number of benzene rings is 2. The van der Waals surface area contributed by atoms with Crippen molar-refractivity contribution in [1.29, 1.82) is 0 Å². The molecule has 0 unspecified atom stereocenters. The SMILES string of the molecule is CCC[C@@H]1Nc2ccccc2[C@H]2[C@@H]1CCN2C(=O)OCc1ccccc1. The summed E-state index contributed by atoms with van der Waals surface area (Å²) >= 11 is 0. The molecule has 0 aliphatic carbocycles. The first-order chi connectivity index (χ1) is 12.8. The fourth-order valence-corrected chi connectivity index (χ4v) is 4.43. The highest BCUT2D eigenvalue weighted by molar-refractivity contribution is 5.70. The molecule has 4 heteroatoms. The van der Waals surface area contributed by atoms with Crippen LogP contribution in [0.2, 0.25) is 0 Å². The molecule has 0 radical (unpaired) electrons. The Kier molecular flexibility index (Phi) is 4.83. The number of carbonyl (C=O) groups is 1. The van der Waals surface area contributed by atoms with E-state index in [4.69, 9.17) is 4.74 Å². The summed E-state index contributed by atoms with van der Waals surface area (Å²) in [6.07, 6.45) is 3.09. The third kappa shape index (κ3) is 3.16. The summed E-state index contributed by atoms with van der Waals surface area (Å²) in [6.45, 7) is 3.31. The molecule has 2 heterocycles. The summed E-state index contributed by atoms with van der Waals surface area (Å²) in [6, 6.07) is 18.8. The van der Waals surface area contributed by atoms with Crippen LogP contribution in [0.5, 0.6) is 0 Å². The van der Waals surface area contributed by atoms with Gasteiger partial charge < -0.3 is 15.0 Å². The van der Waals surface area contributed by atoms with Crippen molar-refractivity contribution in [3.8, 4) is 0 Å². The van der Waals surface area contributed by atoms with Gasteiger partial charge in [-0.15, -0.1) is 0 Å². The minimum Gasteiger partial charge on any atom is -0.445 e. The molecule has 0 saturated carbocycles. The van der Waals surface area contributed by atoms with Crippen LogP contribution in [0.3, 0.4) is 0 Å². The summed E-state index contributed by atoms with van der Waals surface area (Å²) in [4.78, 5) is 14.8. The first kappa shape index (κ1) is 17.0. The van der Waals surface area contributed by atoms with Crippen LogP contribution in [-0.2, 0) is 11.3 Å². The molecule has 1 fully saturated rings. The molecule has 26 heavy (non-hydrogen) atoms. The topological polar surface area (TPSA) is 41.6 Å². The van der Waals surface area contributed by atoms with Gasteiger partial charge in [-0.2, -0.15) is 0 Å². The smallest absolute Gasteiger partial charge is 0.410 e. The molecular weight excluding hydrogens is 324 g/mol. The van der Waals surface area contributed by atoms with E-state index in [-0.39, 0.29) is 12.1 Å². The molecule has 0 spiro atoms. The quantitative estimate of drug-likeness (QED) is 0.845. The third-order valence-electron chi connectivity index (χ3n) is 5.62. The number of anilines is 1. The zero-order valence-corrected chi connectivity index (χ0v) is 15.2. The number of nitrogens with one attached hydrogen (secondary N) is 1. The number of hydrogen-bond acceptors (Lipinski definition) is 3. The lowest BCUT2D eigenvalue weighted by Gasteiger charge is -2.39. The van der Waals surface area contributed by atoms with Crippen molar-refractivity contribution < 1.29 is 9.53 Å². The van der Waals surface area contributed by atoms with E-state index in [1.54, 1.807) is 0 Å². The predicted octanol–water partition coefficient (Wildman–Crippen LogP) is 4.98. The normalized spacial score (nSPS) is 23.7. The number of para-hydroxylation sites is 1. The molecule has 3 atom stereocenters. The van der Waals surface area contributed by atoms with Crippen molar-refractivity contribution in [2.75, 3.05) is 11.9 Å². The van der Waals surface area contributed by atoms with Crippen LogP contribution in [-0.4, -0.2) is 23.6 Å². The highest BCUT2D eigenvalue weighted by Gasteiger charge is 2.45. The first-order valence-electron chi connectivity index (χ1n) is 9.60. The number of carbonyl (C=O) groups excluding carboxylic acids is 1. The second-order valence-corrected chi connectivity index (χ2v) is 7.26. The van der Waals surface area contributed by atoms with E-state index in [0.717, 1.165) is 37.1 Å². The first-order valence-corrected chi connectivity index (χ1v) is 9.60. The minimum absolute atomic E-state index is 0.118. The number of likely N-dealkylation sites (tertiary alicyclic amines) is 1. The molecule has 1 amide bonds. The molecule has 0 aromatic heterocycles. The lowest BCUT2D eigenvalue weighted by molar-refractivity contribution is 0.0863. The summed E-state index contributed by atoms with van der Waals surface area (Å²) in [5.41, 5.74) is 3.40. The maximum absolute atomic E-state index is 12.8. The van der Waals surface area contributed by atoms with E-state index in [2.05, 4.69) is 36.5 Å². The Hall–Kier alpha value is -2.49. The Morgan fingerprint density at radius 2 is 1.92 bits per heavy atom. The Morgan fingerprint density at radius 1 is 1.15 bits per heavy atom. The summed E-state index contributed by atoms with van der Waals surface area (Å²) in [5.74, 6) is 0.453. The van der Waals surface area contributed by atoms with Crippen molar-refractivity contribution >= 4 is 11.8 Å². The van der Waals surface area contributed by atoms with Crippen LogP contribution in [0, 0.1) is 5.92 Å². The van der Waals surface area contributed by atoms with Crippen LogP contribution >= 0.6 is 0 Å². The molecule has 2 aromatic carbocycles. The van der Waals surface area contributed by atoms with Gasteiger partial charge in [-0.05, 0) is 30.0 Å². The monoisotopic (exact) mass is 350 g/mol. The second-order valence-electron chi connectivity index (χ2n) is 7.26. The number of ether oxygens (including phenoxy) is 1. The maximum atomic E-state index is 12.8. The van der Waals surface area contributed by atoms with Crippen molar-refractivity contribution in [2.45, 2.75) is 44.9 Å². The summed E-state index contributed by atoms with van der Waals surface area (Å²) in [5, 5.41) is 3.71. The minimum atomic E-state index is -0.201. The number of hydrogen-bond donors (Lipinski definition) is 1. The van der Waals surface area contributed by atoms with Crippen molar-refractivity contribution in [3.05, 3.63) is 65.7 Å². The zero-order valence-electron chi connectivity index (χ0n) is 15.2. The van der Waals surface area contributed by atoms with E-state index in [1.807, 2.05) is 35.2 Å². The average molecular weight is 350 g/mol. The van der Waals surface area contributed by atoms with E-state index < -0.39 is 0 Å². The lowest BCUT2D eigenvalue weighted by atomic mass is 9.81. The van der Waals surface area contributed by atoms with Crippen LogP contribution < -0.4 is 5.32 Å². The fraction of sp³-hybridized carbons (Fsp3) is 0.409. The molecule has 0 bridgehead atoms. The second kappa shape index (κ2) is 7.40. The van der Waals surface area contributed by atoms with Gasteiger partial charge in [0.25, 0.3) is 0 Å². The van der Waals surface area contributed by atoms with Gasteiger partial charge in [0.2, 0.25) is 0 Å². The van der Waals surface area contributed by atoms with Gasteiger partial charge >= 0.3 is 6.09 Å². The third-order valence-corrected chi connectivity index (χ3v) is 5.62. The molecular formula is C22H26N2O2. The van der Waals surface area contributed by atoms with E-state index >= 15 is 0 Å². The number of fused-ring (bicyclic) bond motifs is 3. The van der Waals surface area contributed by atoms with Crippen LogP contribution in [0.1, 0.15) is 43.4 Å². The fourth-order valence-electron chi connectivity index (χ4n) is 4.43.